The van der Waals surface area contributed by atoms with E-state index in [1.54, 1.807) is 11.8 Å². The van der Waals surface area contributed by atoms with Crippen LogP contribution >= 0.6 is 0 Å². The van der Waals surface area contributed by atoms with Crippen LogP contribution in [0.4, 0.5) is 10.5 Å². The molecule has 6 nitrogen and oxygen atoms in total. The Balaban J connectivity index is 2.07. The first-order valence-corrected chi connectivity index (χ1v) is 6.65. The van der Waals surface area contributed by atoms with Crippen molar-refractivity contribution in [2.75, 3.05) is 11.9 Å². The number of aryl methyl sites for hydroxylation is 2. The van der Waals surface area contributed by atoms with Crippen molar-refractivity contribution in [2.45, 2.75) is 33.2 Å². The lowest BCUT2D eigenvalue weighted by molar-refractivity contribution is -0.142. The van der Waals surface area contributed by atoms with Crippen molar-refractivity contribution in [3.05, 3.63) is 23.5 Å². The molecule has 0 radical (unpaired) electrons. The second kappa shape index (κ2) is 5.48. The van der Waals surface area contributed by atoms with Crippen molar-refractivity contribution >= 4 is 17.7 Å². The topological polar surface area (TPSA) is 82.5 Å². The predicted octanol–water partition coefficient (Wildman–Crippen LogP) is 2.03. The van der Waals surface area contributed by atoms with Gasteiger partial charge in [0.25, 0.3) is 0 Å². The highest BCUT2D eigenvalue weighted by Gasteiger charge is 2.38. The number of carbonyl (C=O) groups excluding carboxylic acids is 1. The Morgan fingerprint density at radius 3 is 2.65 bits per heavy atom. The monoisotopic (exact) mass is 277 g/mol. The number of aromatic nitrogens is 1. The van der Waals surface area contributed by atoms with Gasteiger partial charge >= 0.3 is 12.0 Å². The van der Waals surface area contributed by atoms with Crippen LogP contribution in [0.2, 0.25) is 0 Å². The highest BCUT2D eigenvalue weighted by molar-refractivity contribution is 5.90. The maximum atomic E-state index is 12.2. The van der Waals surface area contributed by atoms with Crippen LogP contribution in [0.5, 0.6) is 0 Å². The third-order valence-corrected chi connectivity index (χ3v) is 3.80. The smallest absolute Gasteiger partial charge is 0.322 e. The number of pyridine rings is 1. The van der Waals surface area contributed by atoms with Gasteiger partial charge in [0.1, 0.15) is 0 Å². The van der Waals surface area contributed by atoms with E-state index < -0.39 is 11.9 Å². The van der Waals surface area contributed by atoms with E-state index in [-0.39, 0.29) is 12.1 Å². The predicted molar refractivity (Wildman–Crippen MR) is 74.6 cm³/mol. The number of anilines is 1. The minimum Gasteiger partial charge on any atom is -0.481 e. The molecule has 2 unspecified atom stereocenters. The summed E-state index contributed by atoms with van der Waals surface area (Å²) in [6.07, 6.45) is 0.495. The summed E-state index contributed by atoms with van der Waals surface area (Å²) in [5.74, 6) is -1.33. The molecular weight excluding hydrogens is 258 g/mol. The Morgan fingerprint density at radius 2 is 2.10 bits per heavy atom. The zero-order valence-electron chi connectivity index (χ0n) is 11.9. The van der Waals surface area contributed by atoms with Crippen LogP contribution in [0, 0.1) is 19.8 Å². The second-order valence-electron chi connectivity index (χ2n) is 5.18. The molecule has 0 aliphatic carbocycles. The summed E-state index contributed by atoms with van der Waals surface area (Å²) < 4.78 is 0. The Hall–Kier alpha value is -2.11. The second-order valence-corrected chi connectivity index (χ2v) is 5.18. The van der Waals surface area contributed by atoms with E-state index in [4.69, 9.17) is 5.11 Å². The van der Waals surface area contributed by atoms with E-state index in [2.05, 4.69) is 10.3 Å². The molecule has 0 aromatic carbocycles. The molecule has 1 fully saturated rings. The largest absolute Gasteiger partial charge is 0.481 e. The number of nitrogens with zero attached hydrogens (tertiary/aromatic N) is 2. The molecule has 1 aromatic heterocycles. The average molecular weight is 277 g/mol. The molecule has 1 saturated heterocycles. The standard InChI is InChI=1S/C14H19N3O3/c1-8-4-5-12(9(2)15-8)16-14(20)17-7-6-11(10(17)3)13(18)19/h4-5,10-11H,6-7H2,1-3H3,(H,16,20)(H,18,19). The molecule has 0 spiro atoms. The molecule has 1 aromatic rings. The first-order valence-electron chi connectivity index (χ1n) is 6.65. The van der Waals surface area contributed by atoms with Crippen LogP contribution in [0.1, 0.15) is 24.7 Å². The van der Waals surface area contributed by atoms with Crippen molar-refractivity contribution in [1.29, 1.82) is 0 Å². The summed E-state index contributed by atoms with van der Waals surface area (Å²) in [6, 6.07) is 3.07. The van der Waals surface area contributed by atoms with Gasteiger partial charge in [0.15, 0.2) is 0 Å². The van der Waals surface area contributed by atoms with Gasteiger partial charge in [-0.15, -0.1) is 0 Å². The Kier molecular flexibility index (Phi) is 3.92. The lowest BCUT2D eigenvalue weighted by atomic mass is 10.0. The van der Waals surface area contributed by atoms with Gasteiger partial charge in [-0.1, -0.05) is 0 Å². The minimum absolute atomic E-state index is 0.269. The molecule has 0 bridgehead atoms. The van der Waals surface area contributed by atoms with Crippen molar-refractivity contribution in [3.63, 3.8) is 0 Å². The van der Waals surface area contributed by atoms with Crippen LogP contribution in [-0.2, 0) is 4.79 Å². The lowest BCUT2D eigenvalue weighted by Gasteiger charge is -2.24. The molecule has 2 rings (SSSR count). The average Bonchev–Trinajstić information content (AvgIpc) is 2.74. The summed E-state index contributed by atoms with van der Waals surface area (Å²) >= 11 is 0. The van der Waals surface area contributed by atoms with Gasteiger partial charge in [0.05, 0.1) is 17.3 Å². The number of rotatable bonds is 2. The molecule has 6 heteroatoms. The maximum Gasteiger partial charge on any atom is 0.322 e. The summed E-state index contributed by atoms with van der Waals surface area (Å²) in [5.41, 5.74) is 2.30. The summed E-state index contributed by atoms with van der Waals surface area (Å²) in [7, 11) is 0. The fourth-order valence-corrected chi connectivity index (χ4v) is 2.56. The molecule has 1 aliphatic rings. The Morgan fingerprint density at radius 1 is 1.40 bits per heavy atom. The van der Waals surface area contributed by atoms with Gasteiger partial charge in [0, 0.05) is 18.3 Å². The first-order chi connectivity index (χ1) is 9.40. The third kappa shape index (κ3) is 2.74. The number of carbonyl (C=O) groups is 2. The highest BCUT2D eigenvalue weighted by atomic mass is 16.4. The molecule has 0 saturated carbocycles. The Labute approximate surface area is 117 Å². The zero-order valence-corrected chi connectivity index (χ0v) is 11.9. The number of hydrogen-bond donors (Lipinski definition) is 2. The molecule has 2 amide bonds. The maximum absolute atomic E-state index is 12.2. The molecule has 20 heavy (non-hydrogen) atoms. The van der Waals surface area contributed by atoms with E-state index in [9.17, 15) is 9.59 Å². The van der Waals surface area contributed by atoms with E-state index in [1.807, 2.05) is 26.0 Å². The van der Waals surface area contributed by atoms with Gasteiger partial charge in [-0.2, -0.15) is 0 Å². The van der Waals surface area contributed by atoms with Crippen molar-refractivity contribution in [2.24, 2.45) is 5.92 Å². The number of likely N-dealkylation sites (tertiary alicyclic amines) is 1. The molecule has 1 aliphatic heterocycles. The van der Waals surface area contributed by atoms with E-state index in [1.165, 1.54) is 0 Å². The number of amides is 2. The first kappa shape index (κ1) is 14.3. The molecular formula is C14H19N3O3. The SMILES string of the molecule is Cc1ccc(NC(=O)N2CCC(C(=O)O)C2C)c(C)n1. The molecule has 108 valence electrons. The van der Waals surface area contributed by atoms with Crippen molar-refractivity contribution < 1.29 is 14.7 Å². The number of aliphatic carboxylic acids is 1. The van der Waals surface area contributed by atoms with Gasteiger partial charge in [0.2, 0.25) is 0 Å². The Bertz CT molecular complexity index is 544. The number of hydrogen-bond acceptors (Lipinski definition) is 3. The fraction of sp³-hybridized carbons (Fsp3) is 0.500. The quantitative estimate of drug-likeness (QED) is 0.866. The number of urea groups is 1. The van der Waals surface area contributed by atoms with E-state index in [0.29, 0.717) is 18.7 Å². The van der Waals surface area contributed by atoms with Crippen LogP contribution in [0.25, 0.3) is 0 Å². The molecule has 2 atom stereocenters. The third-order valence-electron chi connectivity index (χ3n) is 3.80. The number of nitrogens with one attached hydrogen (secondary N) is 1. The number of carboxylic acid groups (broad SMARTS) is 1. The van der Waals surface area contributed by atoms with Gasteiger partial charge < -0.3 is 15.3 Å². The summed E-state index contributed by atoms with van der Waals surface area (Å²) in [6.45, 7) is 5.95. The summed E-state index contributed by atoms with van der Waals surface area (Å²) in [5, 5.41) is 11.9. The number of carboxylic acids is 1. The highest BCUT2D eigenvalue weighted by Crippen LogP contribution is 2.25. The van der Waals surface area contributed by atoms with Crippen LogP contribution < -0.4 is 5.32 Å². The molecule has 2 N–H and O–H groups in total. The molecule has 2 heterocycles. The fourth-order valence-electron chi connectivity index (χ4n) is 2.56. The van der Waals surface area contributed by atoms with Crippen LogP contribution in [0.15, 0.2) is 12.1 Å². The lowest BCUT2D eigenvalue weighted by Crippen LogP contribution is -2.40. The van der Waals surface area contributed by atoms with Gasteiger partial charge in [-0.05, 0) is 39.3 Å². The van der Waals surface area contributed by atoms with Crippen molar-refractivity contribution in [1.82, 2.24) is 9.88 Å². The normalized spacial score (nSPS) is 21.9. The van der Waals surface area contributed by atoms with E-state index in [0.717, 1.165) is 11.4 Å². The van der Waals surface area contributed by atoms with E-state index >= 15 is 0 Å². The summed E-state index contributed by atoms with van der Waals surface area (Å²) in [4.78, 5) is 29.1. The van der Waals surface area contributed by atoms with Crippen molar-refractivity contribution in [3.8, 4) is 0 Å². The zero-order chi connectivity index (χ0) is 14.9. The van der Waals surface area contributed by atoms with Crippen LogP contribution in [-0.4, -0.2) is 39.6 Å². The van der Waals surface area contributed by atoms with Crippen LogP contribution in [0.3, 0.4) is 0 Å². The van der Waals surface area contributed by atoms with Gasteiger partial charge in [-0.3, -0.25) is 9.78 Å². The van der Waals surface area contributed by atoms with Gasteiger partial charge in [-0.25, -0.2) is 4.79 Å². The minimum atomic E-state index is -0.846.